The Kier molecular flexibility index (Phi) is 16.9. The topological polar surface area (TPSA) is 227 Å². The normalized spacial score (nSPS) is 11.4. The molecule has 13 aromatic carbocycles. The van der Waals surface area contributed by atoms with Crippen LogP contribution < -0.4 is 0 Å². The van der Waals surface area contributed by atoms with Crippen molar-refractivity contribution in [2.45, 2.75) is 13.8 Å². The molecule has 0 amide bonds. The molecule has 7 heterocycles. The lowest BCUT2D eigenvalue weighted by molar-refractivity contribution is 0.926. The molecule has 0 saturated carbocycles. The van der Waals surface area contributed by atoms with Crippen LogP contribution in [-0.2, 0) is 0 Å². The molecule has 18 nitrogen and oxygen atoms in total. The van der Waals surface area contributed by atoms with E-state index >= 15 is 0 Å². The van der Waals surface area contributed by atoms with E-state index in [1.807, 2.05) is 281 Å². The number of hydrogen-bond donors (Lipinski definition) is 0. The summed E-state index contributed by atoms with van der Waals surface area (Å²) < 4.78 is 4.33. The van der Waals surface area contributed by atoms with E-state index in [1.165, 1.54) is 0 Å². The molecule has 0 spiro atoms. The van der Waals surface area contributed by atoms with Gasteiger partial charge in [0.05, 0.1) is 39.0 Å². The third-order valence-electron chi connectivity index (χ3n) is 20.2. The molecule has 534 valence electrons. The number of nitrogens with zero attached hydrogens (tertiary/aromatic N) is 18. The van der Waals surface area contributed by atoms with E-state index < -0.39 is 0 Å². The maximum atomic E-state index is 12.4. The molecular formula is C96H60N18. The van der Waals surface area contributed by atoms with Crippen LogP contribution >= 0.6 is 0 Å². The number of aryl methyl sites for hydroxylation is 2. The third-order valence-corrected chi connectivity index (χ3v) is 20.2. The van der Waals surface area contributed by atoms with Crippen molar-refractivity contribution in [2.75, 3.05) is 0 Å². The molecule has 0 unspecified atom stereocenters. The number of benzene rings is 13. The number of fused-ring (bicyclic) bond motifs is 6. The van der Waals surface area contributed by atoms with Gasteiger partial charge in [0.2, 0.25) is 0 Å². The molecule has 0 saturated heterocycles. The van der Waals surface area contributed by atoms with Gasteiger partial charge in [-0.25, -0.2) is 74.8 Å². The van der Waals surface area contributed by atoms with Crippen LogP contribution in [0.25, 0.3) is 203 Å². The van der Waals surface area contributed by atoms with Crippen LogP contribution in [0.3, 0.4) is 0 Å². The van der Waals surface area contributed by atoms with Crippen LogP contribution in [0.5, 0.6) is 0 Å². The van der Waals surface area contributed by atoms with E-state index in [2.05, 4.69) is 75.9 Å². The van der Waals surface area contributed by atoms with Gasteiger partial charge in [0.1, 0.15) is 17.7 Å². The quantitative estimate of drug-likeness (QED) is 0.0929. The van der Waals surface area contributed by atoms with Gasteiger partial charge >= 0.3 is 0 Å². The first-order valence-corrected chi connectivity index (χ1v) is 37.2. The largest absolute Gasteiger partial charge is 0.308 e. The zero-order chi connectivity index (χ0) is 76.2. The molecule has 7 aromatic heterocycles. The van der Waals surface area contributed by atoms with Crippen molar-refractivity contribution in [1.82, 2.24) is 83.9 Å². The average Bonchev–Trinajstić information content (AvgIpc) is 1.56. The van der Waals surface area contributed by atoms with Crippen molar-refractivity contribution >= 4 is 43.6 Å². The Morgan fingerprint density at radius 1 is 0.202 bits per heavy atom. The van der Waals surface area contributed by atoms with Crippen molar-refractivity contribution in [2.24, 2.45) is 0 Å². The minimum absolute atomic E-state index is 0.305. The van der Waals surface area contributed by atoms with Gasteiger partial charge in [0, 0.05) is 93.9 Å². The fourth-order valence-electron chi connectivity index (χ4n) is 14.8. The average molecular weight is 1470 g/mol. The Bertz CT molecular complexity index is 6550. The molecule has 0 aliphatic carbocycles. The first kappa shape index (κ1) is 67.4. The van der Waals surface area contributed by atoms with Crippen molar-refractivity contribution in [3.8, 4) is 165 Å². The Morgan fingerprint density at radius 3 is 0.632 bits per heavy atom. The highest BCUT2D eigenvalue weighted by Gasteiger charge is 2.28. The highest BCUT2D eigenvalue weighted by Crippen LogP contribution is 2.44. The highest BCUT2D eigenvalue weighted by molar-refractivity contribution is 6.13. The van der Waals surface area contributed by atoms with Crippen LogP contribution in [0.1, 0.15) is 17.2 Å². The summed E-state index contributed by atoms with van der Waals surface area (Å²) >= 11 is 0. The first-order valence-electron chi connectivity index (χ1n) is 37.2. The standard InChI is InChI=1S/C96H60N18/c1-58-98-59(2)100-96(99-58)77-56-78(113-79-51-68(92-105-84(60-27-11-3-12-28-60)101-85(106-92)61-29-13-4-14-30-61)43-47-73(79)74-48-44-69(52-80(74)113)93-107-86(62-31-15-5-16-32-62)102-87(108-93)63-33-17-6-18-34-63)72(57-97)55-83(77)114-81-53-70(94-109-88(64-35-19-7-20-36-64)103-89(110-94)65-37-21-8-22-38-65)45-49-75(81)76-50-46-71(54-82(76)114)95-111-90(66-39-23-9-24-40-66)104-91(112-95)67-41-25-10-26-42-67/h3-56H,1-2H3. The summed E-state index contributed by atoms with van der Waals surface area (Å²) in [6, 6.07) is 111. The molecule has 18 heteroatoms. The summed E-state index contributed by atoms with van der Waals surface area (Å²) in [5.74, 6) is 7.22. The Morgan fingerprint density at radius 2 is 0.412 bits per heavy atom. The molecule has 0 bridgehead atoms. The Labute approximate surface area is 653 Å². The van der Waals surface area contributed by atoms with Gasteiger partial charge in [0.15, 0.2) is 75.7 Å². The maximum Gasteiger partial charge on any atom is 0.165 e. The summed E-state index contributed by atoms with van der Waals surface area (Å²) in [4.78, 5) is 77.6. The van der Waals surface area contributed by atoms with Gasteiger partial charge in [-0.2, -0.15) is 5.26 Å². The second-order valence-electron chi connectivity index (χ2n) is 27.5. The van der Waals surface area contributed by atoms with E-state index in [1.54, 1.807) is 0 Å². The molecule has 0 fully saturated rings. The first-order chi connectivity index (χ1) is 56.2. The van der Waals surface area contributed by atoms with Crippen molar-refractivity contribution in [1.29, 1.82) is 5.26 Å². The zero-order valence-corrected chi connectivity index (χ0v) is 61.2. The molecule has 0 atom stereocenters. The van der Waals surface area contributed by atoms with Gasteiger partial charge in [-0.1, -0.05) is 291 Å². The SMILES string of the molecule is Cc1nc(C)nc(-c2cc(-n3c4cc(-c5nc(-c6ccccc6)nc(-c6ccccc6)n5)ccc4c4ccc(-c5nc(-c6ccccc6)nc(-c6ccccc6)n5)cc43)c(C#N)cc2-n2c3cc(-c4nc(-c5ccccc5)nc(-c5ccccc5)n4)ccc3c3ccc(-c4nc(-c5ccccc5)nc(-c5ccccc5)n4)cc32)n1. The van der Waals surface area contributed by atoms with Crippen LogP contribution in [-0.4, -0.2) is 83.9 Å². The van der Waals surface area contributed by atoms with Crippen LogP contribution in [0.4, 0.5) is 0 Å². The highest BCUT2D eigenvalue weighted by atomic mass is 15.1. The van der Waals surface area contributed by atoms with E-state index in [0.29, 0.717) is 132 Å². The fourth-order valence-corrected chi connectivity index (χ4v) is 14.8. The Hall–Kier alpha value is -16.0. The predicted molar refractivity (Wildman–Crippen MR) is 447 cm³/mol. The molecular weight excluding hydrogens is 1410 g/mol. The molecule has 0 aliphatic rings. The lowest BCUT2D eigenvalue weighted by atomic mass is 10.0. The summed E-state index contributed by atoms with van der Waals surface area (Å²) in [7, 11) is 0. The molecule has 114 heavy (non-hydrogen) atoms. The van der Waals surface area contributed by atoms with Crippen LogP contribution in [0.15, 0.2) is 328 Å². The van der Waals surface area contributed by atoms with Gasteiger partial charge in [-0.3, -0.25) is 0 Å². The van der Waals surface area contributed by atoms with E-state index in [9.17, 15) is 5.26 Å². The van der Waals surface area contributed by atoms with Crippen molar-refractivity contribution in [3.05, 3.63) is 345 Å². The van der Waals surface area contributed by atoms with E-state index in [-0.39, 0.29) is 0 Å². The van der Waals surface area contributed by atoms with Crippen LogP contribution in [0.2, 0.25) is 0 Å². The second-order valence-corrected chi connectivity index (χ2v) is 27.5. The molecule has 20 rings (SSSR count). The molecule has 0 radical (unpaired) electrons. The van der Waals surface area contributed by atoms with Gasteiger partial charge in [-0.05, 0) is 50.2 Å². The summed E-state index contributed by atoms with van der Waals surface area (Å²) in [5.41, 5.74) is 14.4. The minimum Gasteiger partial charge on any atom is -0.308 e. The van der Waals surface area contributed by atoms with Crippen molar-refractivity contribution in [3.63, 3.8) is 0 Å². The monoisotopic (exact) mass is 1460 g/mol. The lowest BCUT2D eigenvalue weighted by Gasteiger charge is -2.19. The number of hydrogen-bond acceptors (Lipinski definition) is 16. The summed E-state index contributed by atoms with van der Waals surface area (Å²) in [6.07, 6.45) is 0. The van der Waals surface area contributed by atoms with Crippen LogP contribution in [0, 0.1) is 25.2 Å². The zero-order valence-electron chi connectivity index (χ0n) is 61.2. The predicted octanol–water partition coefficient (Wildman–Crippen LogP) is 21.0. The summed E-state index contributed by atoms with van der Waals surface area (Å²) in [5, 5.41) is 16.0. The van der Waals surface area contributed by atoms with Gasteiger partial charge in [-0.15, -0.1) is 0 Å². The number of rotatable bonds is 15. The lowest BCUT2D eigenvalue weighted by Crippen LogP contribution is -2.07. The smallest absolute Gasteiger partial charge is 0.165 e. The third kappa shape index (κ3) is 12.6. The minimum atomic E-state index is 0.305. The Balaban J connectivity index is 0.875. The fraction of sp³-hybridized carbons (Fsp3) is 0.0208. The summed E-state index contributed by atoms with van der Waals surface area (Å²) in [6.45, 7) is 3.73. The maximum absolute atomic E-state index is 12.4. The molecule has 20 aromatic rings. The molecule has 0 N–H and O–H groups in total. The second kappa shape index (κ2) is 28.5. The number of nitriles is 1. The van der Waals surface area contributed by atoms with E-state index in [0.717, 1.165) is 88.1 Å². The number of aromatic nitrogens is 17. The van der Waals surface area contributed by atoms with Crippen molar-refractivity contribution < 1.29 is 0 Å². The van der Waals surface area contributed by atoms with E-state index in [4.69, 9.17) is 74.8 Å². The van der Waals surface area contributed by atoms with Gasteiger partial charge < -0.3 is 9.13 Å². The van der Waals surface area contributed by atoms with Gasteiger partial charge in [0.25, 0.3) is 0 Å². The molecule has 0 aliphatic heterocycles.